The molecule has 1 aliphatic heterocycles. The smallest absolute Gasteiger partial charge is 0.251 e. The number of carbonyl (C=O) groups is 1. The van der Waals surface area contributed by atoms with Crippen LogP contribution in [0.1, 0.15) is 34.3 Å². The first-order chi connectivity index (χ1) is 13.7. The van der Waals surface area contributed by atoms with E-state index in [-0.39, 0.29) is 29.9 Å². The van der Waals surface area contributed by atoms with E-state index in [1.54, 1.807) is 7.05 Å². The van der Waals surface area contributed by atoms with E-state index in [1.807, 2.05) is 37.4 Å². The molecule has 0 spiro atoms. The Morgan fingerprint density at radius 2 is 1.72 bits per heavy atom. The van der Waals surface area contributed by atoms with E-state index in [1.165, 1.54) is 11.1 Å². The van der Waals surface area contributed by atoms with Crippen LogP contribution in [0.25, 0.3) is 6.08 Å². The first kappa shape index (κ1) is 22.9. The summed E-state index contributed by atoms with van der Waals surface area (Å²) in [6, 6.07) is 18.1. The molecule has 0 bridgehead atoms. The van der Waals surface area contributed by atoms with Crippen molar-refractivity contribution < 1.29 is 4.79 Å². The SMILES string of the molecule is CN=C(NCc1ccc(C(=O)NC)cc1)N1CCC(=Cc2ccccc2)CC1.I. The topological polar surface area (TPSA) is 56.7 Å². The summed E-state index contributed by atoms with van der Waals surface area (Å²) in [5.41, 5.74) is 4.55. The van der Waals surface area contributed by atoms with Crippen LogP contribution >= 0.6 is 24.0 Å². The van der Waals surface area contributed by atoms with Crippen molar-refractivity contribution in [2.45, 2.75) is 19.4 Å². The molecule has 2 N–H and O–H groups in total. The summed E-state index contributed by atoms with van der Waals surface area (Å²) in [4.78, 5) is 18.4. The molecule has 5 nitrogen and oxygen atoms in total. The molecule has 0 saturated carbocycles. The second-order valence-corrected chi connectivity index (χ2v) is 6.88. The molecule has 1 aliphatic rings. The van der Waals surface area contributed by atoms with Crippen molar-refractivity contribution in [1.29, 1.82) is 0 Å². The molecule has 0 radical (unpaired) electrons. The molecule has 29 heavy (non-hydrogen) atoms. The van der Waals surface area contributed by atoms with Crippen LogP contribution in [-0.4, -0.2) is 44.0 Å². The van der Waals surface area contributed by atoms with Gasteiger partial charge in [-0.05, 0) is 36.1 Å². The van der Waals surface area contributed by atoms with E-state index in [9.17, 15) is 4.79 Å². The molecule has 3 rings (SSSR count). The van der Waals surface area contributed by atoms with Gasteiger partial charge in [0.15, 0.2) is 5.96 Å². The number of hydrogen-bond acceptors (Lipinski definition) is 2. The van der Waals surface area contributed by atoms with Crippen LogP contribution in [0.3, 0.4) is 0 Å². The number of piperidine rings is 1. The second kappa shape index (κ2) is 11.6. The highest BCUT2D eigenvalue weighted by Gasteiger charge is 2.17. The number of carbonyl (C=O) groups excluding carboxylic acids is 1. The summed E-state index contributed by atoms with van der Waals surface area (Å²) in [5, 5.41) is 6.08. The number of halogens is 1. The lowest BCUT2D eigenvalue weighted by atomic mass is 10.0. The number of amides is 1. The van der Waals surface area contributed by atoms with Gasteiger partial charge in [0.2, 0.25) is 0 Å². The molecule has 2 aromatic rings. The van der Waals surface area contributed by atoms with Gasteiger partial charge in [0.25, 0.3) is 5.91 Å². The molecular formula is C23H29IN4O. The van der Waals surface area contributed by atoms with Crippen molar-refractivity contribution >= 4 is 41.9 Å². The van der Waals surface area contributed by atoms with Gasteiger partial charge < -0.3 is 15.5 Å². The van der Waals surface area contributed by atoms with Gasteiger partial charge in [-0.3, -0.25) is 9.79 Å². The van der Waals surface area contributed by atoms with Crippen LogP contribution in [0.15, 0.2) is 65.2 Å². The number of benzene rings is 2. The Labute approximate surface area is 190 Å². The number of aliphatic imine (C=N–C) groups is 1. The molecule has 1 amide bonds. The first-order valence-electron chi connectivity index (χ1n) is 9.70. The fourth-order valence-corrected chi connectivity index (χ4v) is 3.37. The highest BCUT2D eigenvalue weighted by Crippen LogP contribution is 2.19. The highest BCUT2D eigenvalue weighted by atomic mass is 127. The van der Waals surface area contributed by atoms with E-state index in [0.717, 1.165) is 37.5 Å². The van der Waals surface area contributed by atoms with Gasteiger partial charge in [0.1, 0.15) is 0 Å². The van der Waals surface area contributed by atoms with Crippen LogP contribution in [0.2, 0.25) is 0 Å². The monoisotopic (exact) mass is 504 g/mol. The van der Waals surface area contributed by atoms with Crippen LogP contribution in [0.4, 0.5) is 0 Å². The van der Waals surface area contributed by atoms with E-state index in [4.69, 9.17) is 0 Å². The molecule has 6 heteroatoms. The summed E-state index contributed by atoms with van der Waals surface area (Å²) < 4.78 is 0. The summed E-state index contributed by atoms with van der Waals surface area (Å²) >= 11 is 0. The molecule has 0 aliphatic carbocycles. The van der Waals surface area contributed by atoms with Crippen LogP contribution in [0, 0.1) is 0 Å². The number of nitrogens with one attached hydrogen (secondary N) is 2. The number of guanidine groups is 1. The largest absolute Gasteiger partial charge is 0.355 e. The van der Waals surface area contributed by atoms with Gasteiger partial charge in [0, 0.05) is 39.3 Å². The summed E-state index contributed by atoms with van der Waals surface area (Å²) in [5.74, 6) is 0.858. The van der Waals surface area contributed by atoms with Crippen molar-refractivity contribution in [2.24, 2.45) is 4.99 Å². The maximum absolute atomic E-state index is 11.6. The van der Waals surface area contributed by atoms with Gasteiger partial charge in [-0.2, -0.15) is 0 Å². The van der Waals surface area contributed by atoms with E-state index < -0.39 is 0 Å². The number of hydrogen-bond donors (Lipinski definition) is 2. The third-order valence-electron chi connectivity index (χ3n) is 4.98. The molecule has 2 aromatic carbocycles. The predicted molar refractivity (Wildman–Crippen MR) is 131 cm³/mol. The standard InChI is InChI=1S/C23H28N4O.HI/c1-24-22(28)21-10-8-20(9-11-21)17-26-23(25-2)27-14-12-19(13-15-27)16-18-6-4-3-5-7-18;/h3-11,16H,12-15,17H2,1-2H3,(H,24,28)(H,25,26);1H. The zero-order valence-electron chi connectivity index (χ0n) is 17.0. The maximum Gasteiger partial charge on any atom is 0.251 e. The normalized spacial score (nSPS) is 14.1. The van der Waals surface area contributed by atoms with Crippen molar-refractivity contribution in [3.63, 3.8) is 0 Å². The number of nitrogens with zero attached hydrogens (tertiary/aromatic N) is 2. The quantitative estimate of drug-likeness (QED) is 0.377. The lowest BCUT2D eigenvalue weighted by Gasteiger charge is -2.31. The Kier molecular flexibility index (Phi) is 9.18. The summed E-state index contributed by atoms with van der Waals surface area (Å²) in [7, 11) is 3.47. The Balaban J connectivity index is 0.00000300. The molecular weight excluding hydrogens is 475 g/mol. The Hall–Kier alpha value is -2.35. The first-order valence-corrected chi connectivity index (χ1v) is 9.70. The van der Waals surface area contributed by atoms with Crippen LogP contribution in [-0.2, 0) is 6.54 Å². The van der Waals surface area contributed by atoms with Crippen molar-refractivity contribution in [2.75, 3.05) is 27.2 Å². The van der Waals surface area contributed by atoms with Crippen LogP contribution < -0.4 is 10.6 Å². The molecule has 1 fully saturated rings. The number of likely N-dealkylation sites (tertiary alicyclic amines) is 1. The highest BCUT2D eigenvalue weighted by molar-refractivity contribution is 14.0. The molecule has 0 aromatic heterocycles. The zero-order chi connectivity index (χ0) is 19.8. The van der Waals surface area contributed by atoms with E-state index in [2.05, 4.69) is 50.9 Å². The average molecular weight is 504 g/mol. The Morgan fingerprint density at radius 1 is 1.07 bits per heavy atom. The van der Waals surface area contributed by atoms with Gasteiger partial charge in [-0.15, -0.1) is 24.0 Å². The molecule has 0 unspecified atom stereocenters. The predicted octanol–water partition coefficient (Wildman–Crippen LogP) is 3.92. The minimum Gasteiger partial charge on any atom is -0.355 e. The number of rotatable bonds is 4. The van der Waals surface area contributed by atoms with Gasteiger partial charge in [0.05, 0.1) is 0 Å². The maximum atomic E-state index is 11.6. The summed E-state index contributed by atoms with van der Waals surface area (Å²) in [6.07, 6.45) is 4.41. The van der Waals surface area contributed by atoms with Crippen molar-refractivity contribution in [3.05, 3.63) is 76.9 Å². The van der Waals surface area contributed by atoms with Gasteiger partial charge in [-0.1, -0.05) is 54.1 Å². The van der Waals surface area contributed by atoms with Gasteiger partial charge in [-0.25, -0.2) is 0 Å². The lowest BCUT2D eigenvalue weighted by Crippen LogP contribution is -2.44. The van der Waals surface area contributed by atoms with Gasteiger partial charge >= 0.3 is 0 Å². The Bertz CT molecular complexity index is 837. The fraction of sp³-hybridized carbons (Fsp3) is 0.304. The van der Waals surface area contributed by atoms with Crippen molar-refractivity contribution in [1.82, 2.24) is 15.5 Å². The molecule has 154 valence electrons. The van der Waals surface area contributed by atoms with E-state index in [0.29, 0.717) is 12.1 Å². The molecule has 0 atom stereocenters. The third kappa shape index (κ3) is 6.59. The lowest BCUT2D eigenvalue weighted by molar-refractivity contribution is 0.0963. The summed E-state index contributed by atoms with van der Waals surface area (Å²) in [6.45, 7) is 2.62. The third-order valence-corrected chi connectivity index (χ3v) is 4.98. The van der Waals surface area contributed by atoms with Crippen LogP contribution in [0.5, 0.6) is 0 Å². The molecule has 1 heterocycles. The molecule has 1 saturated heterocycles. The fourth-order valence-electron chi connectivity index (χ4n) is 3.37. The minimum atomic E-state index is -0.0667. The van der Waals surface area contributed by atoms with Crippen molar-refractivity contribution in [3.8, 4) is 0 Å². The van der Waals surface area contributed by atoms with E-state index >= 15 is 0 Å². The Morgan fingerprint density at radius 3 is 2.31 bits per heavy atom. The minimum absolute atomic E-state index is 0. The second-order valence-electron chi connectivity index (χ2n) is 6.88. The average Bonchev–Trinajstić information content (AvgIpc) is 2.76. The zero-order valence-corrected chi connectivity index (χ0v) is 19.4.